The van der Waals surface area contributed by atoms with Gasteiger partial charge in [-0.2, -0.15) is 0 Å². The average molecular weight is 494 g/mol. The first kappa shape index (κ1) is 21.0. The zero-order chi connectivity index (χ0) is 20.0. The van der Waals surface area contributed by atoms with Crippen LogP contribution in [0.5, 0.6) is 0 Å². The Kier molecular flexibility index (Phi) is 7.49. The highest BCUT2D eigenvalue weighted by molar-refractivity contribution is 14.1. The second-order valence-electron chi connectivity index (χ2n) is 6.09. The molecule has 0 aliphatic carbocycles. The molecule has 1 amide bonds. The summed E-state index contributed by atoms with van der Waals surface area (Å²) in [6.07, 6.45) is 3.07. The number of benzene rings is 2. The van der Waals surface area contributed by atoms with Crippen molar-refractivity contribution in [1.82, 2.24) is 5.32 Å². The average Bonchev–Trinajstić information content (AvgIpc) is 2.61. The van der Waals surface area contributed by atoms with E-state index in [0.29, 0.717) is 11.6 Å². The summed E-state index contributed by atoms with van der Waals surface area (Å²) < 4.78 is 0.789. The minimum atomic E-state index is -1.07. The highest BCUT2D eigenvalue weighted by Crippen LogP contribution is 2.19. The molecule has 27 heavy (non-hydrogen) atoms. The summed E-state index contributed by atoms with van der Waals surface area (Å²) >= 11 is 7.12. The van der Waals surface area contributed by atoms with Crippen molar-refractivity contribution in [2.24, 2.45) is 0 Å². The van der Waals surface area contributed by atoms with Crippen LogP contribution in [0.3, 0.4) is 0 Å². The van der Waals surface area contributed by atoms with Gasteiger partial charge in [-0.05, 0) is 76.1 Å². The van der Waals surface area contributed by atoms with Gasteiger partial charge in [-0.3, -0.25) is 10.1 Å². The van der Waals surface area contributed by atoms with Crippen LogP contribution in [0, 0.1) is 3.57 Å². The van der Waals surface area contributed by atoms with Crippen LogP contribution < -0.4 is 10.6 Å². The van der Waals surface area contributed by atoms with E-state index in [9.17, 15) is 14.7 Å². The van der Waals surface area contributed by atoms with Crippen molar-refractivity contribution in [2.75, 3.05) is 5.32 Å². The Labute approximate surface area is 177 Å². The maximum absolute atomic E-state index is 12.0. The van der Waals surface area contributed by atoms with Crippen LogP contribution in [0.25, 0.3) is 6.08 Å². The second kappa shape index (κ2) is 9.61. The molecule has 2 aromatic carbocycles. The van der Waals surface area contributed by atoms with E-state index in [0.717, 1.165) is 9.13 Å². The summed E-state index contributed by atoms with van der Waals surface area (Å²) in [5.41, 5.74) is 2.54. The molecule has 0 saturated heterocycles. The number of amides is 1. The number of carbonyl (C=O) groups excluding carboxylic acids is 1. The maximum Gasteiger partial charge on any atom is 0.337 e. The van der Waals surface area contributed by atoms with Gasteiger partial charge >= 0.3 is 5.97 Å². The lowest BCUT2D eigenvalue weighted by atomic mass is 10.0. The Hall–Kier alpha value is -2.26. The number of hydrogen-bond acceptors (Lipinski definition) is 3. The van der Waals surface area contributed by atoms with Crippen LogP contribution in [0.15, 0.2) is 48.5 Å². The fraction of sp³-hybridized carbons (Fsp3) is 0.150. The third-order valence-corrected chi connectivity index (χ3v) is 4.60. The lowest BCUT2D eigenvalue weighted by molar-refractivity contribution is -0.115. The fourth-order valence-corrected chi connectivity index (χ4v) is 2.98. The molecule has 0 heterocycles. The van der Waals surface area contributed by atoms with Crippen LogP contribution in [0.4, 0.5) is 5.69 Å². The number of thiocarbonyl (C=S) groups is 1. The predicted molar refractivity (Wildman–Crippen MR) is 120 cm³/mol. The quantitative estimate of drug-likeness (QED) is 0.321. The number of carboxylic acid groups (broad SMARTS) is 1. The van der Waals surface area contributed by atoms with Gasteiger partial charge in [0.2, 0.25) is 5.91 Å². The Morgan fingerprint density at radius 2 is 1.81 bits per heavy atom. The molecular weight excluding hydrogens is 475 g/mol. The van der Waals surface area contributed by atoms with Crippen molar-refractivity contribution in [3.05, 3.63) is 68.8 Å². The number of rotatable bonds is 5. The zero-order valence-corrected chi connectivity index (χ0v) is 17.8. The molecule has 0 aromatic heterocycles. The molecule has 7 heteroatoms. The predicted octanol–water partition coefficient (Wildman–Crippen LogP) is 4.64. The molecule has 3 N–H and O–H groups in total. The van der Waals surface area contributed by atoms with E-state index < -0.39 is 11.9 Å². The largest absolute Gasteiger partial charge is 0.478 e. The SMILES string of the molecule is CC(C)c1ccc(/C=C/C(=O)NC(=S)Nc2ccc(I)cc2C(=O)O)cc1. The van der Waals surface area contributed by atoms with Gasteiger partial charge < -0.3 is 10.4 Å². The third kappa shape index (κ3) is 6.44. The minimum Gasteiger partial charge on any atom is -0.478 e. The Bertz CT molecular complexity index is 893. The second-order valence-corrected chi connectivity index (χ2v) is 7.75. The number of nitrogens with one attached hydrogen (secondary N) is 2. The number of carboxylic acids is 1. The van der Waals surface area contributed by atoms with Crippen LogP contribution in [-0.2, 0) is 4.79 Å². The van der Waals surface area contributed by atoms with E-state index >= 15 is 0 Å². The van der Waals surface area contributed by atoms with E-state index in [1.54, 1.807) is 18.2 Å². The highest BCUT2D eigenvalue weighted by atomic mass is 127. The Morgan fingerprint density at radius 1 is 1.15 bits per heavy atom. The van der Waals surface area contributed by atoms with E-state index in [1.807, 2.05) is 46.9 Å². The van der Waals surface area contributed by atoms with Gasteiger partial charge in [0.15, 0.2) is 5.11 Å². The smallest absolute Gasteiger partial charge is 0.337 e. The van der Waals surface area contributed by atoms with Crippen molar-refractivity contribution in [2.45, 2.75) is 19.8 Å². The first-order valence-electron chi connectivity index (χ1n) is 8.19. The number of hydrogen-bond donors (Lipinski definition) is 3. The number of halogens is 1. The van der Waals surface area contributed by atoms with E-state index in [2.05, 4.69) is 24.5 Å². The zero-order valence-electron chi connectivity index (χ0n) is 14.8. The van der Waals surface area contributed by atoms with Crippen molar-refractivity contribution in [3.63, 3.8) is 0 Å². The summed E-state index contributed by atoms with van der Waals surface area (Å²) in [5, 5.41) is 14.6. The molecule has 0 atom stereocenters. The summed E-state index contributed by atoms with van der Waals surface area (Å²) in [6, 6.07) is 12.8. The van der Waals surface area contributed by atoms with Gasteiger partial charge in [0.1, 0.15) is 0 Å². The van der Waals surface area contributed by atoms with Gasteiger partial charge in [-0.15, -0.1) is 0 Å². The van der Waals surface area contributed by atoms with Gasteiger partial charge in [-0.1, -0.05) is 38.1 Å². The lowest BCUT2D eigenvalue weighted by Crippen LogP contribution is -2.33. The van der Waals surface area contributed by atoms with Crippen LogP contribution in [0.2, 0.25) is 0 Å². The van der Waals surface area contributed by atoms with Crippen molar-refractivity contribution >= 4 is 63.6 Å². The monoisotopic (exact) mass is 494 g/mol. The topological polar surface area (TPSA) is 78.4 Å². The molecule has 0 saturated carbocycles. The molecule has 0 aliphatic rings. The van der Waals surface area contributed by atoms with Crippen molar-refractivity contribution < 1.29 is 14.7 Å². The molecule has 2 aromatic rings. The molecular formula is C20H19IN2O3S. The Balaban J connectivity index is 1.98. The van der Waals surface area contributed by atoms with Gasteiger partial charge in [0.25, 0.3) is 0 Å². The minimum absolute atomic E-state index is 0.0310. The van der Waals surface area contributed by atoms with Crippen LogP contribution in [-0.4, -0.2) is 22.1 Å². The number of aromatic carboxylic acids is 1. The molecule has 0 bridgehead atoms. The standard InChI is InChI=1S/C20H19IN2O3S/c1-12(2)14-6-3-13(4-7-14)5-10-18(24)23-20(27)22-17-9-8-15(21)11-16(17)19(25)26/h3-12H,1-2H3,(H,25,26)(H2,22,23,24,27)/b10-5+. The van der Waals surface area contributed by atoms with E-state index in [-0.39, 0.29) is 10.7 Å². The molecule has 2 rings (SSSR count). The van der Waals surface area contributed by atoms with Crippen molar-refractivity contribution in [1.29, 1.82) is 0 Å². The van der Waals surface area contributed by atoms with E-state index in [4.69, 9.17) is 12.2 Å². The van der Waals surface area contributed by atoms with Gasteiger partial charge in [-0.25, -0.2) is 4.79 Å². The lowest BCUT2D eigenvalue weighted by Gasteiger charge is -2.11. The molecule has 5 nitrogen and oxygen atoms in total. The summed E-state index contributed by atoms with van der Waals surface area (Å²) in [7, 11) is 0. The van der Waals surface area contributed by atoms with Gasteiger partial charge in [0.05, 0.1) is 11.3 Å². The Morgan fingerprint density at radius 3 is 2.41 bits per heavy atom. The summed E-state index contributed by atoms with van der Waals surface area (Å²) in [5.74, 6) is -1.02. The fourth-order valence-electron chi connectivity index (χ4n) is 2.27. The summed E-state index contributed by atoms with van der Waals surface area (Å²) in [6.45, 7) is 4.24. The highest BCUT2D eigenvalue weighted by Gasteiger charge is 2.12. The van der Waals surface area contributed by atoms with Crippen LogP contribution >= 0.6 is 34.8 Å². The molecule has 0 aliphatic heterocycles. The first-order chi connectivity index (χ1) is 12.8. The molecule has 0 fully saturated rings. The maximum atomic E-state index is 12.0. The number of carbonyl (C=O) groups is 2. The summed E-state index contributed by atoms with van der Waals surface area (Å²) in [4.78, 5) is 23.3. The first-order valence-corrected chi connectivity index (χ1v) is 9.68. The van der Waals surface area contributed by atoms with E-state index in [1.165, 1.54) is 17.7 Å². The molecule has 0 radical (unpaired) electrons. The van der Waals surface area contributed by atoms with Crippen LogP contribution in [0.1, 0.15) is 41.3 Å². The third-order valence-electron chi connectivity index (χ3n) is 3.73. The number of anilines is 1. The van der Waals surface area contributed by atoms with Gasteiger partial charge in [0, 0.05) is 9.65 Å². The normalized spacial score (nSPS) is 10.8. The molecule has 0 spiro atoms. The molecule has 140 valence electrons. The molecule has 0 unspecified atom stereocenters. The van der Waals surface area contributed by atoms with Crippen molar-refractivity contribution in [3.8, 4) is 0 Å².